The van der Waals surface area contributed by atoms with Gasteiger partial charge in [-0.15, -0.1) is 0 Å². The summed E-state index contributed by atoms with van der Waals surface area (Å²) < 4.78 is 10.0. The van der Waals surface area contributed by atoms with E-state index in [1.807, 2.05) is 0 Å². The third-order valence-corrected chi connectivity index (χ3v) is 2.48. The molecule has 0 saturated heterocycles. The number of carbonyl (C=O) groups is 3. The first-order chi connectivity index (χ1) is 10.1. The molecule has 0 aliphatic heterocycles. The lowest BCUT2D eigenvalue weighted by atomic mass is 10.1. The van der Waals surface area contributed by atoms with Crippen LogP contribution in [0, 0.1) is 0 Å². The maximum absolute atomic E-state index is 12.0. The van der Waals surface area contributed by atoms with E-state index in [2.05, 4.69) is 10.6 Å². The Bertz CT molecular complexity index is 489. The minimum absolute atomic E-state index is 0.257. The van der Waals surface area contributed by atoms with Crippen LogP contribution in [-0.4, -0.2) is 38.2 Å². The molecule has 0 aliphatic rings. The molecule has 21 heavy (non-hydrogen) atoms. The van der Waals surface area contributed by atoms with Gasteiger partial charge < -0.3 is 14.8 Å². The Labute approximate surface area is 122 Å². The number of rotatable bonds is 6. The second-order valence-electron chi connectivity index (χ2n) is 3.99. The molecular formula is C14H18N2O5. The lowest BCUT2D eigenvalue weighted by Crippen LogP contribution is -2.41. The van der Waals surface area contributed by atoms with Gasteiger partial charge in [0.15, 0.2) is 0 Å². The maximum Gasteiger partial charge on any atom is 0.333 e. The molecule has 0 aliphatic carbocycles. The van der Waals surface area contributed by atoms with E-state index in [-0.39, 0.29) is 6.61 Å². The number of benzene rings is 1. The monoisotopic (exact) mass is 294 g/mol. The Morgan fingerprint density at radius 1 is 1.19 bits per heavy atom. The molecule has 2 N–H and O–H groups in total. The van der Waals surface area contributed by atoms with E-state index in [1.165, 1.54) is 7.05 Å². The van der Waals surface area contributed by atoms with E-state index in [0.29, 0.717) is 12.2 Å². The van der Waals surface area contributed by atoms with Crippen molar-refractivity contribution in [2.45, 2.75) is 13.0 Å². The van der Waals surface area contributed by atoms with E-state index in [0.717, 1.165) is 0 Å². The summed E-state index contributed by atoms with van der Waals surface area (Å²) in [6.45, 7) is 1.84. The van der Waals surface area contributed by atoms with Crippen molar-refractivity contribution in [1.82, 2.24) is 10.6 Å². The summed E-state index contributed by atoms with van der Waals surface area (Å²) in [6.07, 6.45) is -1.21. The van der Waals surface area contributed by atoms with Gasteiger partial charge in [0.2, 0.25) is 6.10 Å². The predicted octanol–water partition coefficient (Wildman–Crippen LogP) is 0.763. The summed E-state index contributed by atoms with van der Waals surface area (Å²) in [5, 5.41) is 4.34. The molecule has 0 radical (unpaired) electrons. The summed E-state index contributed by atoms with van der Waals surface area (Å²) in [5.41, 5.74) is 0.462. The number of imide groups is 1. The molecule has 1 atom stereocenters. The molecule has 7 heteroatoms. The lowest BCUT2D eigenvalue weighted by Gasteiger charge is -2.17. The predicted molar refractivity (Wildman–Crippen MR) is 74.4 cm³/mol. The number of urea groups is 1. The van der Waals surface area contributed by atoms with E-state index < -0.39 is 24.0 Å². The number of ether oxygens (including phenoxy) is 2. The Hall–Kier alpha value is -2.41. The quantitative estimate of drug-likeness (QED) is 0.756. The molecule has 0 saturated carbocycles. The second kappa shape index (κ2) is 8.70. The van der Waals surface area contributed by atoms with Gasteiger partial charge in [-0.3, -0.25) is 10.1 Å². The minimum Gasteiger partial charge on any atom is -0.446 e. The molecule has 0 bridgehead atoms. The average molecular weight is 294 g/mol. The fraction of sp³-hybridized carbons (Fsp3) is 0.357. The van der Waals surface area contributed by atoms with Gasteiger partial charge in [0.05, 0.1) is 0 Å². The second-order valence-corrected chi connectivity index (χ2v) is 3.99. The van der Waals surface area contributed by atoms with Gasteiger partial charge in [0.25, 0.3) is 5.91 Å². The van der Waals surface area contributed by atoms with E-state index in [4.69, 9.17) is 9.47 Å². The standard InChI is InChI=1S/C14H18N2O5/c1-3-20-9-11(17)21-12(10-7-5-4-6-8-10)13(18)16-14(19)15-2/h4-8,12H,3,9H2,1-2H3,(H2,15,16,18,19)/t12-/m0/s1. The number of nitrogens with one attached hydrogen (secondary N) is 2. The number of hydrogen-bond acceptors (Lipinski definition) is 5. The van der Waals surface area contributed by atoms with Crippen LogP contribution in [0.3, 0.4) is 0 Å². The van der Waals surface area contributed by atoms with E-state index in [1.54, 1.807) is 37.3 Å². The lowest BCUT2D eigenvalue weighted by molar-refractivity contribution is -0.160. The summed E-state index contributed by atoms with van der Waals surface area (Å²) in [4.78, 5) is 34.9. The van der Waals surface area contributed by atoms with Crippen LogP contribution in [0.5, 0.6) is 0 Å². The smallest absolute Gasteiger partial charge is 0.333 e. The first-order valence-electron chi connectivity index (χ1n) is 6.43. The first kappa shape index (κ1) is 16.6. The molecule has 1 aromatic rings. The Kier molecular flexibility index (Phi) is 6.90. The molecule has 0 unspecified atom stereocenters. The zero-order valence-electron chi connectivity index (χ0n) is 11.9. The molecule has 1 aromatic carbocycles. The average Bonchev–Trinajstić information content (AvgIpc) is 2.51. The molecule has 0 spiro atoms. The molecular weight excluding hydrogens is 276 g/mol. The Balaban J connectivity index is 2.82. The van der Waals surface area contributed by atoms with Crippen molar-refractivity contribution < 1.29 is 23.9 Å². The van der Waals surface area contributed by atoms with Crippen LogP contribution in [0.2, 0.25) is 0 Å². The molecule has 114 valence electrons. The summed E-state index contributed by atoms with van der Waals surface area (Å²) in [5.74, 6) is -1.41. The van der Waals surface area contributed by atoms with Crippen molar-refractivity contribution in [2.24, 2.45) is 0 Å². The summed E-state index contributed by atoms with van der Waals surface area (Å²) in [6, 6.07) is 7.74. The highest BCUT2D eigenvalue weighted by atomic mass is 16.6. The fourth-order valence-corrected chi connectivity index (χ4v) is 1.49. The normalized spacial score (nSPS) is 11.3. The SMILES string of the molecule is CCOCC(=O)O[C@H](C(=O)NC(=O)NC)c1ccccc1. The van der Waals surface area contributed by atoms with Gasteiger partial charge in [0.1, 0.15) is 6.61 Å². The number of hydrogen-bond donors (Lipinski definition) is 2. The van der Waals surface area contributed by atoms with E-state index in [9.17, 15) is 14.4 Å². The third kappa shape index (κ3) is 5.62. The van der Waals surface area contributed by atoms with Crippen molar-refractivity contribution in [3.05, 3.63) is 35.9 Å². The molecule has 0 aromatic heterocycles. The Morgan fingerprint density at radius 2 is 1.86 bits per heavy atom. The van der Waals surface area contributed by atoms with Crippen LogP contribution in [0.4, 0.5) is 4.79 Å². The molecule has 7 nitrogen and oxygen atoms in total. The molecule has 3 amide bonds. The number of esters is 1. The van der Waals surface area contributed by atoms with Crippen LogP contribution in [0.25, 0.3) is 0 Å². The van der Waals surface area contributed by atoms with Crippen molar-refractivity contribution >= 4 is 17.9 Å². The Morgan fingerprint density at radius 3 is 2.43 bits per heavy atom. The van der Waals surface area contributed by atoms with Crippen LogP contribution in [0.15, 0.2) is 30.3 Å². The van der Waals surface area contributed by atoms with Crippen LogP contribution >= 0.6 is 0 Å². The highest BCUT2D eigenvalue weighted by molar-refractivity contribution is 5.97. The fourth-order valence-electron chi connectivity index (χ4n) is 1.49. The molecule has 0 fully saturated rings. The van der Waals surface area contributed by atoms with Crippen LogP contribution in [-0.2, 0) is 19.1 Å². The van der Waals surface area contributed by atoms with Crippen LogP contribution < -0.4 is 10.6 Å². The number of amides is 3. The van der Waals surface area contributed by atoms with Crippen molar-refractivity contribution in [1.29, 1.82) is 0 Å². The molecule has 0 heterocycles. The maximum atomic E-state index is 12.0. The van der Waals surface area contributed by atoms with Gasteiger partial charge in [-0.1, -0.05) is 30.3 Å². The summed E-state index contributed by atoms with van der Waals surface area (Å²) in [7, 11) is 1.38. The topological polar surface area (TPSA) is 93.7 Å². The van der Waals surface area contributed by atoms with Crippen LogP contribution in [0.1, 0.15) is 18.6 Å². The van der Waals surface area contributed by atoms with Gasteiger partial charge >= 0.3 is 12.0 Å². The van der Waals surface area contributed by atoms with Gasteiger partial charge in [-0.25, -0.2) is 9.59 Å². The highest BCUT2D eigenvalue weighted by Crippen LogP contribution is 2.17. The minimum atomic E-state index is -1.21. The van der Waals surface area contributed by atoms with Crippen molar-refractivity contribution in [3.63, 3.8) is 0 Å². The van der Waals surface area contributed by atoms with Crippen molar-refractivity contribution in [3.8, 4) is 0 Å². The first-order valence-corrected chi connectivity index (χ1v) is 6.43. The number of carbonyl (C=O) groups excluding carboxylic acids is 3. The van der Waals surface area contributed by atoms with Gasteiger partial charge in [0, 0.05) is 19.2 Å². The zero-order chi connectivity index (χ0) is 15.7. The zero-order valence-corrected chi connectivity index (χ0v) is 11.9. The largest absolute Gasteiger partial charge is 0.446 e. The summed E-state index contributed by atoms with van der Waals surface area (Å²) >= 11 is 0. The van der Waals surface area contributed by atoms with E-state index >= 15 is 0 Å². The highest BCUT2D eigenvalue weighted by Gasteiger charge is 2.26. The third-order valence-electron chi connectivity index (χ3n) is 2.48. The van der Waals surface area contributed by atoms with Gasteiger partial charge in [-0.2, -0.15) is 0 Å². The van der Waals surface area contributed by atoms with Gasteiger partial charge in [-0.05, 0) is 6.92 Å². The van der Waals surface area contributed by atoms with Crippen molar-refractivity contribution in [2.75, 3.05) is 20.3 Å². The molecule has 1 rings (SSSR count).